The Kier molecular flexibility index (Phi) is 3.46. The normalized spacial score (nSPS) is 9.60. The zero-order valence-corrected chi connectivity index (χ0v) is 8.32. The number of thiocarbonyl (C=S) groups is 1. The van der Waals surface area contributed by atoms with E-state index < -0.39 is 10.9 Å². The van der Waals surface area contributed by atoms with E-state index in [1.165, 1.54) is 18.2 Å². The number of nitrogens with zero attached hydrogens (tertiary/aromatic N) is 1. The largest absolute Gasteiger partial charge is 0.544 e. The summed E-state index contributed by atoms with van der Waals surface area (Å²) < 4.78 is 0. The zero-order valence-electron chi connectivity index (χ0n) is 7.50. The van der Waals surface area contributed by atoms with Gasteiger partial charge in [-0.15, -0.1) is 0 Å². The first-order chi connectivity index (χ1) is 7.02. The third-order valence-electron chi connectivity index (χ3n) is 1.77. The number of rotatable bonds is 4. The molecule has 0 atom stereocenters. The van der Waals surface area contributed by atoms with Crippen molar-refractivity contribution in [3.8, 4) is 0 Å². The summed E-state index contributed by atoms with van der Waals surface area (Å²) in [6, 6.07) is 5.85. The first-order valence-electron chi connectivity index (χ1n) is 3.99. The van der Waals surface area contributed by atoms with Gasteiger partial charge in [-0.25, -0.2) is 0 Å². The summed E-state index contributed by atoms with van der Waals surface area (Å²) in [5.74, 6) is -1.47. The molecule has 0 saturated carbocycles. The van der Waals surface area contributed by atoms with E-state index in [4.69, 9.17) is 0 Å². The number of carbonyl (C=O) groups is 1. The van der Waals surface area contributed by atoms with E-state index in [0.717, 1.165) is 0 Å². The van der Waals surface area contributed by atoms with E-state index in [2.05, 4.69) is 12.2 Å². The van der Waals surface area contributed by atoms with Crippen molar-refractivity contribution < 1.29 is 14.8 Å². The lowest BCUT2D eigenvalue weighted by atomic mass is 10.1. The van der Waals surface area contributed by atoms with Gasteiger partial charge in [0.15, 0.2) is 0 Å². The molecular formula is C9H6NO4S-. The fourth-order valence-corrected chi connectivity index (χ4v) is 1.24. The summed E-state index contributed by atoms with van der Waals surface area (Å²) in [6.07, 6.45) is -0.158. The Morgan fingerprint density at radius 3 is 2.53 bits per heavy atom. The number of nitro groups is 1. The first kappa shape index (κ1) is 11.3. The van der Waals surface area contributed by atoms with Crippen LogP contribution in [-0.4, -0.2) is 15.8 Å². The van der Waals surface area contributed by atoms with E-state index >= 15 is 0 Å². The van der Waals surface area contributed by atoms with Gasteiger partial charge in [0.05, 0.1) is 10.9 Å². The molecule has 0 aliphatic carbocycles. The molecule has 1 rings (SSSR count). The monoisotopic (exact) mass is 224 g/mol. The smallest absolute Gasteiger partial charge is 0.272 e. The molecule has 1 aromatic carbocycles. The Bertz CT molecular complexity index is 430. The number of hydrogen-bond acceptors (Lipinski definition) is 5. The van der Waals surface area contributed by atoms with Crippen LogP contribution < -0.4 is 5.11 Å². The van der Waals surface area contributed by atoms with Gasteiger partial charge in [0.25, 0.3) is 5.69 Å². The van der Waals surface area contributed by atoms with Gasteiger partial charge in [-0.3, -0.25) is 10.1 Å². The van der Waals surface area contributed by atoms with Gasteiger partial charge in [-0.1, -0.05) is 30.4 Å². The summed E-state index contributed by atoms with van der Waals surface area (Å²) in [7, 11) is 0. The number of carbonyl (C=O) groups excluding carboxylic acids is 1. The van der Waals surface area contributed by atoms with Crippen molar-refractivity contribution in [1.29, 1.82) is 0 Å². The molecule has 0 amide bonds. The predicted molar refractivity (Wildman–Crippen MR) is 54.4 cm³/mol. The van der Waals surface area contributed by atoms with Crippen LogP contribution in [0.4, 0.5) is 5.69 Å². The molecule has 6 heteroatoms. The van der Waals surface area contributed by atoms with Crippen LogP contribution >= 0.6 is 12.2 Å². The number of carboxylic acids is 1. The zero-order chi connectivity index (χ0) is 11.4. The highest BCUT2D eigenvalue weighted by Gasteiger charge is 2.13. The van der Waals surface area contributed by atoms with E-state index in [-0.39, 0.29) is 22.5 Å². The Balaban J connectivity index is 2.99. The third kappa shape index (κ3) is 2.81. The molecule has 0 unspecified atom stereocenters. The van der Waals surface area contributed by atoms with Crippen LogP contribution in [-0.2, 0) is 11.2 Å². The lowest BCUT2D eigenvalue weighted by Gasteiger charge is -2.04. The maximum atomic E-state index is 10.6. The van der Waals surface area contributed by atoms with Crippen molar-refractivity contribution in [3.63, 3.8) is 0 Å². The average Bonchev–Trinajstić information content (AvgIpc) is 2.18. The number of para-hydroxylation sites is 1. The minimum atomic E-state index is -1.47. The van der Waals surface area contributed by atoms with Gasteiger partial charge in [0.2, 0.25) is 0 Å². The van der Waals surface area contributed by atoms with Crippen molar-refractivity contribution in [2.75, 3.05) is 0 Å². The minimum Gasteiger partial charge on any atom is -0.544 e. The molecule has 15 heavy (non-hydrogen) atoms. The van der Waals surface area contributed by atoms with Crippen LogP contribution in [0.5, 0.6) is 0 Å². The summed E-state index contributed by atoms with van der Waals surface area (Å²) in [5.41, 5.74) is 0.137. The molecule has 0 aliphatic heterocycles. The SMILES string of the molecule is O=C([O-])C(=S)Cc1ccccc1[N+](=O)[O-]. The summed E-state index contributed by atoms with van der Waals surface area (Å²) in [5, 5.41) is 20.9. The Morgan fingerprint density at radius 2 is 2.00 bits per heavy atom. The molecule has 1 aromatic rings. The molecule has 0 spiro atoms. The topological polar surface area (TPSA) is 83.3 Å². The van der Waals surface area contributed by atoms with E-state index in [0.29, 0.717) is 0 Å². The Labute approximate surface area is 90.5 Å². The fraction of sp³-hybridized carbons (Fsp3) is 0.111. The van der Waals surface area contributed by atoms with Crippen molar-refractivity contribution >= 4 is 28.7 Å². The molecule has 5 nitrogen and oxygen atoms in total. The second-order valence-corrected chi connectivity index (χ2v) is 3.27. The van der Waals surface area contributed by atoms with Crippen LogP contribution in [0.1, 0.15) is 5.56 Å². The van der Waals surface area contributed by atoms with E-state index in [9.17, 15) is 20.0 Å². The molecule has 0 saturated heterocycles. The lowest BCUT2D eigenvalue weighted by molar-refractivity contribution is -0.385. The second-order valence-electron chi connectivity index (χ2n) is 2.77. The average molecular weight is 224 g/mol. The molecule has 0 N–H and O–H groups in total. The van der Waals surface area contributed by atoms with Crippen molar-refractivity contribution in [2.45, 2.75) is 6.42 Å². The van der Waals surface area contributed by atoms with Gasteiger partial charge >= 0.3 is 0 Å². The number of benzene rings is 1. The minimum absolute atomic E-state index is 0.138. The van der Waals surface area contributed by atoms with Gasteiger partial charge in [-0.05, 0) is 0 Å². The summed E-state index contributed by atoms with van der Waals surface area (Å²) in [6.45, 7) is 0. The molecule has 0 fully saturated rings. The maximum Gasteiger partial charge on any atom is 0.272 e. The Hall–Kier alpha value is -1.82. The van der Waals surface area contributed by atoms with E-state index in [1.54, 1.807) is 6.07 Å². The summed E-state index contributed by atoms with van der Waals surface area (Å²) >= 11 is 4.52. The highest BCUT2D eigenvalue weighted by atomic mass is 32.1. The van der Waals surface area contributed by atoms with Crippen molar-refractivity contribution in [1.82, 2.24) is 0 Å². The fourth-order valence-electron chi connectivity index (χ4n) is 1.08. The van der Waals surface area contributed by atoms with Crippen LogP contribution in [0.25, 0.3) is 0 Å². The molecule has 0 aromatic heterocycles. The molecular weight excluding hydrogens is 218 g/mol. The summed E-state index contributed by atoms with van der Waals surface area (Å²) in [4.78, 5) is 20.0. The Morgan fingerprint density at radius 1 is 1.40 bits per heavy atom. The van der Waals surface area contributed by atoms with Gasteiger partial charge in [-0.2, -0.15) is 0 Å². The van der Waals surface area contributed by atoms with Crippen LogP contribution in [0, 0.1) is 10.1 Å². The lowest BCUT2D eigenvalue weighted by Crippen LogP contribution is -2.31. The van der Waals surface area contributed by atoms with Crippen molar-refractivity contribution in [3.05, 3.63) is 39.9 Å². The third-order valence-corrected chi connectivity index (χ3v) is 2.08. The maximum absolute atomic E-state index is 10.6. The van der Waals surface area contributed by atoms with E-state index in [1.807, 2.05) is 0 Å². The quantitative estimate of drug-likeness (QED) is 0.416. The van der Waals surface area contributed by atoms with Crippen LogP contribution in [0.3, 0.4) is 0 Å². The van der Waals surface area contributed by atoms with Crippen LogP contribution in [0.15, 0.2) is 24.3 Å². The van der Waals surface area contributed by atoms with Gasteiger partial charge in [0, 0.05) is 22.9 Å². The molecule has 0 aliphatic rings. The van der Waals surface area contributed by atoms with Gasteiger partial charge in [0.1, 0.15) is 0 Å². The van der Waals surface area contributed by atoms with Crippen LogP contribution in [0.2, 0.25) is 0 Å². The predicted octanol–water partition coefficient (Wildman–Crippen LogP) is 0.257. The standard InChI is InChI=1S/C9H7NO4S/c11-9(12)8(15)5-6-3-1-2-4-7(6)10(13)14/h1-4H,5H2,(H,11,12)/p-1. The molecule has 0 heterocycles. The van der Waals surface area contributed by atoms with Crippen molar-refractivity contribution in [2.24, 2.45) is 0 Å². The first-order valence-corrected chi connectivity index (χ1v) is 4.39. The highest BCUT2D eigenvalue weighted by molar-refractivity contribution is 7.82. The number of hydrogen-bond donors (Lipinski definition) is 0. The molecule has 0 radical (unpaired) electrons. The molecule has 78 valence electrons. The number of carboxylic acid groups (broad SMARTS) is 1. The number of nitro benzene ring substituents is 1. The second kappa shape index (κ2) is 4.61. The highest BCUT2D eigenvalue weighted by Crippen LogP contribution is 2.18. The van der Waals surface area contributed by atoms with Gasteiger partial charge < -0.3 is 9.90 Å². The number of aliphatic carboxylic acids is 1. The molecule has 0 bridgehead atoms.